The van der Waals surface area contributed by atoms with E-state index in [-0.39, 0.29) is 24.7 Å². The van der Waals surface area contributed by atoms with Crippen LogP contribution in [0.3, 0.4) is 0 Å². The van der Waals surface area contributed by atoms with Gasteiger partial charge in [-0.2, -0.15) is 15.5 Å². The average molecular weight is 433 g/mol. The zero-order valence-electron chi connectivity index (χ0n) is 17.6. The summed E-state index contributed by atoms with van der Waals surface area (Å²) in [4.78, 5) is 38.3. The van der Waals surface area contributed by atoms with Crippen molar-refractivity contribution in [3.8, 4) is 0 Å². The van der Waals surface area contributed by atoms with Gasteiger partial charge in [0.1, 0.15) is 19.3 Å². The Morgan fingerprint density at radius 2 is 2.06 bits per heavy atom. The summed E-state index contributed by atoms with van der Waals surface area (Å²) in [5, 5.41) is 7.75. The smallest absolute Gasteiger partial charge is 0.324 e. The van der Waals surface area contributed by atoms with Gasteiger partial charge in [0.05, 0.1) is 6.42 Å². The summed E-state index contributed by atoms with van der Waals surface area (Å²) in [5.74, 6) is 5.15. The minimum Gasteiger partial charge on any atom is -0.373 e. The second-order valence-electron chi connectivity index (χ2n) is 7.76. The Labute approximate surface area is 186 Å². The number of nitrogens with one attached hydrogen (secondary N) is 1. The molecule has 3 aromatic heterocycles. The van der Waals surface area contributed by atoms with E-state index in [4.69, 9.17) is 18.7 Å². The molecule has 1 amide bonds. The van der Waals surface area contributed by atoms with Crippen molar-refractivity contribution in [3.05, 3.63) is 48.0 Å². The maximum atomic E-state index is 12.3. The van der Waals surface area contributed by atoms with E-state index < -0.39 is 5.97 Å². The van der Waals surface area contributed by atoms with Crippen molar-refractivity contribution in [2.24, 2.45) is 5.90 Å². The summed E-state index contributed by atoms with van der Waals surface area (Å²) in [6.07, 6.45) is 6.76. The van der Waals surface area contributed by atoms with E-state index in [0.717, 1.165) is 29.9 Å². The first kappa shape index (κ1) is 21.8. The molecule has 1 aliphatic rings. The van der Waals surface area contributed by atoms with Gasteiger partial charge in [-0.25, -0.2) is 4.98 Å². The predicted molar refractivity (Wildman–Crippen MR) is 118 cm³/mol. The number of carbonyl (C=O) groups excluding carboxylic acids is 2. The molecule has 0 aromatic carbocycles. The first-order valence-electron chi connectivity index (χ1n) is 10.5. The van der Waals surface area contributed by atoms with Gasteiger partial charge in [-0.1, -0.05) is 6.07 Å². The van der Waals surface area contributed by atoms with E-state index in [1.54, 1.807) is 21.8 Å². The number of hydrogen-bond acceptors (Lipinski definition) is 8. The summed E-state index contributed by atoms with van der Waals surface area (Å²) in [7, 11) is 6.10. The Morgan fingerprint density at radius 3 is 2.78 bits per heavy atom. The summed E-state index contributed by atoms with van der Waals surface area (Å²) >= 11 is 0. The van der Waals surface area contributed by atoms with Crippen LogP contribution in [0.4, 0.5) is 5.82 Å². The fourth-order valence-electron chi connectivity index (χ4n) is 3.88. The number of nitrogens with zero attached hydrogens (tertiary/aromatic N) is 5. The number of aromatic nitrogens is 4. The van der Waals surface area contributed by atoms with Gasteiger partial charge in [0.2, 0.25) is 5.91 Å². The first-order chi connectivity index (χ1) is 15.5. The number of fused-ring (bicyclic) bond motifs is 1. The van der Waals surface area contributed by atoms with Crippen molar-refractivity contribution < 1.29 is 14.4 Å². The monoisotopic (exact) mass is 433 g/mol. The molecule has 32 heavy (non-hydrogen) atoms. The quantitative estimate of drug-likeness (QED) is 0.406. The molecule has 0 bridgehead atoms. The number of likely N-dealkylation sites (tertiary alicyclic amines) is 1. The normalized spacial score (nSPS) is 14.5. The van der Waals surface area contributed by atoms with Crippen LogP contribution in [0.2, 0.25) is 0 Å². The van der Waals surface area contributed by atoms with Crippen LogP contribution in [0, 0.1) is 0 Å². The topological polar surface area (TPSA) is 128 Å². The summed E-state index contributed by atoms with van der Waals surface area (Å²) < 4.78 is 1.70. The number of rotatable bonds is 7. The van der Waals surface area contributed by atoms with Gasteiger partial charge in [0.15, 0.2) is 0 Å². The molecular weight excluding hydrogens is 409 g/mol. The maximum Gasteiger partial charge on any atom is 0.324 e. The number of pyridine rings is 1. The lowest BCUT2D eigenvalue weighted by Gasteiger charge is -2.32. The fraction of sp³-hybridized carbons (Fsp3) is 0.381. The van der Waals surface area contributed by atoms with Gasteiger partial charge in [0.25, 0.3) is 0 Å². The number of amides is 1. The van der Waals surface area contributed by atoms with E-state index >= 15 is 0 Å². The third-order valence-electron chi connectivity index (χ3n) is 5.66. The molecule has 3 N–H and O–H groups in total. The molecule has 4 rings (SSSR count). The Balaban J connectivity index is 1.45. The van der Waals surface area contributed by atoms with Gasteiger partial charge in [0, 0.05) is 62.3 Å². The summed E-state index contributed by atoms with van der Waals surface area (Å²) in [6.45, 7) is 1.78. The van der Waals surface area contributed by atoms with Crippen LogP contribution < -0.4 is 16.7 Å². The Hall–Kier alpha value is -3.47. The first-order valence-corrected chi connectivity index (χ1v) is 10.5. The Bertz CT molecular complexity index is 1100. The van der Waals surface area contributed by atoms with Crippen molar-refractivity contribution >= 4 is 36.7 Å². The molecule has 10 nitrogen and oxygen atoms in total. The molecule has 1 fully saturated rings. The molecule has 0 aliphatic carbocycles. The second-order valence-corrected chi connectivity index (χ2v) is 7.76. The molecule has 3 aromatic rings. The van der Waals surface area contributed by atoms with Gasteiger partial charge < -0.3 is 15.1 Å². The van der Waals surface area contributed by atoms with Gasteiger partial charge in [-0.05, 0) is 29.9 Å². The molecule has 2 radical (unpaired) electrons. The van der Waals surface area contributed by atoms with E-state index in [1.165, 1.54) is 0 Å². The molecule has 4 heterocycles. The van der Waals surface area contributed by atoms with Gasteiger partial charge in [-0.3, -0.25) is 14.6 Å². The standard InChI is InChI=1S/C21H24BN7O3/c22-16-13-26-29-18(25-12-14-2-1-7-24-11-14)10-17(27-21(16)29)15-5-8-28(9-6-15)19(30)3-4-20(31)32-23/h1-2,7,10-11,13,15,25H,3-6,8-9,12,23H2. The molecule has 1 aliphatic heterocycles. The van der Waals surface area contributed by atoms with Gasteiger partial charge in [-0.15, -0.1) is 0 Å². The second kappa shape index (κ2) is 9.78. The van der Waals surface area contributed by atoms with Crippen molar-refractivity contribution in [3.63, 3.8) is 0 Å². The largest absolute Gasteiger partial charge is 0.373 e. The zero-order chi connectivity index (χ0) is 22.5. The molecule has 164 valence electrons. The summed E-state index contributed by atoms with van der Waals surface area (Å²) in [5.41, 5.74) is 3.08. The highest BCUT2D eigenvalue weighted by molar-refractivity contribution is 6.36. The average Bonchev–Trinajstić information content (AvgIpc) is 3.22. The van der Waals surface area contributed by atoms with Crippen molar-refractivity contribution in [1.82, 2.24) is 24.5 Å². The van der Waals surface area contributed by atoms with Crippen LogP contribution >= 0.6 is 0 Å². The van der Waals surface area contributed by atoms with E-state index in [2.05, 4.69) is 20.2 Å². The SMILES string of the molecule is [B]c1cnn2c(NCc3cccnc3)cc(C3CCN(C(=O)CCC(=O)ON)CC3)nc12. The van der Waals surface area contributed by atoms with E-state index in [1.807, 2.05) is 24.4 Å². The molecule has 0 unspecified atom stereocenters. The lowest BCUT2D eigenvalue weighted by Crippen LogP contribution is -2.38. The highest BCUT2D eigenvalue weighted by Gasteiger charge is 2.26. The van der Waals surface area contributed by atoms with Crippen LogP contribution in [0.1, 0.15) is 42.9 Å². The molecule has 0 saturated carbocycles. The number of piperidine rings is 1. The molecule has 1 saturated heterocycles. The van der Waals surface area contributed by atoms with Crippen LogP contribution in [0.5, 0.6) is 0 Å². The molecular formula is C21H24BN7O3. The molecule has 11 heteroatoms. The minimum atomic E-state index is -0.588. The van der Waals surface area contributed by atoms with E-state index in [0.29, 0.717) is 30.7 Å². The predicted octanol–water partition coefficient (Wildman–Crippen LogP) is 0.433. The van der Waals surface area contributed by atoms with Crippen LogP contribution in [-0.2, 0) is 21.0 Å². The fourth-order valence-corrected chi connectivity index (χ4v) is 3.88. The number of nitrogens with two attached hydrogens (primary N) is 1. The Morgan fingerprint density at radius 1 is 1.25 bits per heavy atom. The minimum absolute atomic E-state index is 0.0140. The summed E-state index contributed by atoms with van der Waals surface area (Å²) in [6, 6.07) is 5.89. The highest BCUT2D eigenvalue weighted by Crippen LogP contribution is 2.29. The number of anilines is 1. The van der Waals surface area contributed by atoms with Crippen LogP contribution in [0.25, 0.3) is 5.65 Å². The lowest BCUT2D eigenvalue weighted by molar-refractivity contribution is -0.146. The van der Waals surface area contributed by atoms with E-state index in [9.17, 15) is 9.59 Å². The van der Waals surface area contributed by atoms with Crippen molar-refractivity contribution in [2.45, 2.75) is 38.1 Å². The highest BCUT2D eigenvalue weighted by atomic mass is 16.7. The number of hydrogen-bond donors (Lipinski definition) is 2. The van der Waals surface area contributed by atoms with Crippen LogP contribution in [0.15, 0.2) is 36.8 Å². The third-order valence-corrected chi connectivity index (χ3v) is 5.66. The maximum absolute atomic E-state index is 12.3. The van der Waals surface area contributed by atoms with Gasteiger partial charge >= 0.3 is 5.97 Å². The van der Waals surface area contributed by atoms with Crippen molar-refractivity contribution in [1.29, 1.82) is 0 Å². The number of carbonyl (C=O) groups is 2. The lowest BCUT2D eigenvalue weighted by atomic mass is 9.92. The van der Waals surface area contributed by atoms with Crippen molar-refractivity contribution in [2.75, 3.05) is 18.4 Å². The third kappa shape index (κ3) is 4.88. The zero-order valence-corrected chi connectivity index (χ0v) is 17.6. The molecule has 0 atom stereocenters. The van der Waals surface area contributed by atoms with Crippen LogP contribution in [-0.4, -0.2) is 57.3 Å². The molecule has 0 spiro atoms. The Kier molecular flexibility index (Phi) is 6.65.